The van der Waals surface area contributed by atoms with E-state index < -0.39 is 0 Å². The van der Waals surface area contributed by atoms with Crippen LogP contribution in [0, 0.1) is 5.92 Å². The molecule has 2 N–H and O–H groups in total. The molecule has 0 saturated carbocycles. The first-order valence-electron chi connectivity index (χ1n) is 4.72. The van der Waals surface area contributed by atoms with Gasteiger partial charge >= 0.3 is 5.97 Å². The molecule has 13 heavy (non-hydrogen) atoms. The van der Waals surface area contributed by atoms with Crippen LogP contribution in [0.25, 0.3) is 0 Å². The lowest BCUT2D eigenvalue weighted by molar-refractivity contribution is -0.142. The lowest BCUT2D eigenvalue weighted by Gasteiger charge is -2.08. The van der Waals surface area contributed by atoms with Crippen LogP contribution in [-0.4, -0.2) is 12.6 Å². The molecule has 0 aromatic carbocycles. The predicted molar refractivity (Wildman–Crippen MR) is 53.0 cm³/mol. The van der Waals surface area contributed by atoms with Gasteiger partial charge in [0.15, 0.2) is 0 Å². The molecule has 3 heteroatoms. The van der Waals surface area contributed by atoms with Crippen molar-refractivity contribution in [3.63, 3.8) is 0 Å². The molecule has 3 nitrogen and oxygen atoms in total. The van der Waals surface area contributed by atoms with Crippen LogP contribution in [0.3, 0.4) is 0 Å². The van der Waals surface area contributed by atoms with Crippen molar-refractivity contribution in [3.05, 3.63) is 11.8 Å². The summed E-state index contributed by atoms with van der Waals surface area (Å²) in [5, 5.41) is 0. The lowest BCUT2D eigenvalue weighted by atomic mass is 10.0. The molecular formula is C10H19NO2. The number of nitrogens with two attached hydrogens (primary N) is 1. The summed E-state index contributed by atoms with van der Waals surface area (Å²) >= 11 is 0. The molecule has 0 aromatic heterocycles. The molecule has 0 aliphatic heterocycles. The molecular weight excluding hydrogens is 166 g/mol. The van der Waals surface area contributed by atoms with Crippen molar-refractivity contribution in [2.24, 2.45) is 11.7 Å². The SMILES string of the molecule is CCOC(=O)C/C=C(/N)C(C)CC. The van der Waals surface area contributed by atoms with Gasteiger partial charge in [0.25, 0.3) is 0 Å². The molecule has 0 heterocycles. The Balaban J connectivity index is 3.89. The van der Waals surface area contributed by atoms with Crippen molar-refractivity contribution in [2.75, 3.05) is 6.61 Å². The van der Waals surface area contributed by atoms with Gasteiger partial charge < -0.3 is 10.5 Å². The minimum atomic E-state index is -0.214. The Labute approximate surface area is 79.9 Å². The van der Waals surface area contributed by atoms with Crippen molar-refractivity contribution >= 4 is 5.97 Å². The summed E-state index contributed by atoms with van der Waals surface area (Å²) in [6, 6.07) is 0. The molecule has 0 radical (unpaired) electrons. The normalized spacial score (nSPS) is 13.9. The van der Waals surface area contributed by atoms with Crippen LogP contribution >= 0.6 is 0 Å². The quantitative estimate of drug-likeness (QED) is 0.665. The van der Waals surface area contributed by atoms with Gasteiger partial charge in [0.05, 0.1) is 13.0 Å². The first-order chi connectivity index (χ1) is 6.11. The minimum Gasteiger partial charge on any atom is -0.466 e. The maximum Gasteiger partial charge on any atom is 0.309 e. The molecule has 1 atom stereocenters. The number of ether oxygens (including phenoxy) is 1. The highest BCUT2D eigenvalue weighted by molar-refractivity contribution is 5.71. The number of rotatable bonds is 5. The smallest absolute Gasteiger partial charge is 0.309 e. The molecule has 0 aliphatic carbocycles. The fourth-order valence-electron chi connectivity index (χ4n) is 0.858. The number of allylic oxidation sites excluding steroid dienone is 1. The van der Waals surface area contributed by atoms with E-state index in [1.807, 2.05) is 6.92 Å². The highest BCUT2D eigenvalue weighted by Crippen LogP contribution is 2.09. The lowest BCUT2D eigenvalue weighted by Crippen LogP contribution is -2.09. The number of hydrogen-bond acceptors (Lipinski definition) is 3. The van der Waals surface area contributed by atoms with Gasteiger partial charge in [-0.05, 0) is 19.3 Å². The third kappa shape index (κ3) is 5.28. The summed E-state index contributed by atoms with van der Waals surface area (Å²) in [5.74, 6) is 0.128. The van der Waals surface area contributed by atoms with Gasteiger partial charge in [0.2, 0.25) is 0 Å². The van der Waals surface area contributed by atoms with E-state index in [4.69, 9.17) is 10.5 Å². The molecule has 0 aromatic rings. The standard InChI is InChI=1S/C10H19NO2/c1-4-8(3)9(11)6-7-10(12)13-5-2/h6,8H,4-5,7,11H2,1-3H3/b9-6+. The molecule has 0 aliphatic rings. The zero-order valence-corrected chi connectivity index (χ0v) is 8.67. The zero-order chi connectivity index (χ0) is 10.3. The Morgan fingerprint density at radius 3 is 2.62 bits per heavy atom. The highest BCUT2D eigenvalue weighted by Gasteiger charge is 2.03. The maximum absolute atomic E-state index is 10.9. The summed E-state index contributed by atoms with van der Waals surface area (Å²) in [4.78, 5) is 10.9. The van der Waals surface area contributed by atoms with E-state index >= 15 is 0 Å². The van der Waals surface area contributed by atoms with Gasteiger partial charge in [0, 0.05) is 5.70 Å². The van der Waals surface area contributed by atoms with Crippen LogP contribution in [0.1, 0.15) is 33.6 Å². The van der Waals surface area contributed by atoms with Gasteiger partial charge in [-0.1, -0.05) is 19.9 Å². The second-order valence-corrected chi connectivity index (χ2v) is 3.02. The zero-order valence-electron chi connectivity index (χ0n) is 8.67. The Kier molecular flexibility index (Phi) is 6.02. The molecule has 0 spiro atoms. The van der Waals surface area contributed by atoms with Gasteiger partial charge in [-0.2, -0.15) is 0 Å². The number of esters is 1. The fourth-order valence-corrected chi connectivity index (χ4v) is 0.858. The molecule has 1 unspecified atom stereocenters. The Bertz CT molecular complexity index is 187. The van der Waals surface area contributed by atoms with E-state index in [2.05, 4.69) is 6.92 Å². The van der Waals surface area contributed by atoms with Gasteiger partial charge in [0.1, 0.15) is 0 Å². The van der Waals surface area contributed by atoms with E-state index in [1.54, 1.807) is 13.0 Å². The summed E-state index contributed by atoms with van der Waals surface area (Å²) in [5.41, 5.74) is 6.50. The summed E-state index contributed by atoms with van der Waals surface area (Å²) in [7, 11) is 0. The second-order valence-electron chi connectivity index (χ2n) is 3.02. The largest absolute Gasteiger partial charge is 0.466 e. The van der Waals surface area contributed by atoms with Gasteiger partial charge in [-0.25, -0.2) is 0 Å². The Morgan fingerprint density at radius 1 is 1.54 bits per heavy atom. The number of carbonyl (C=O) groups is 1. The topological polar surface area (TPSA) is 52.3 Å². The molecule has 0 amide bonds. The molecule has 0 bridgehead atoms. The van der Waals surface area contributed by atoms with Crippen molar-refractivity contribution in [3.8, 4) is 0 Å². The summed E-state index contributed by atoms with van der Waals surface area (Å²) in [6.45, 7) is 6.32. The predicted octanol–water partition coefficient (Wildman–Crippen LogP) is 1.83. The van der Waals surface area contributed by atoms with Crippen molar-refractivity contribution in [1.82, 2.24) is 0 Å². The molecule has 0 rings (SSSR count). The van der Waals surface area contributed by atoms with Gasteiger partial charge in [-0.3, -0.25) is 4.79 Å². The van der Waals surface area contributed by atoms with E-state index in [0.29, 0.717) is 12.5 Å². The minimum absolute atomic E-state index is 0.214. The first kappa shape index (κ1) is 12.0. The third-order valence-electron chi connectivity index (χ3n) is 1.99. The molecule has 0 fully saturated rings. The Hall–Kier alpha value is -0.990. The van der Waals surface area contributed by atoms with Crippen LogP contribution in [0.15, 0.2) is 11.8 Å². The average molecular weight is 185 g/mol. The van der Waals surface area contributed by atoms with Crippen molar-refractivity contribution in [2.45, 2.75) is 33.6 Å². The van der Waals surface area contributed by atoms with Crippen molar-refractivity contribution in [1.29, 1.82) is 0 Å². The van der Waals surface area contributed by atoms with Crippen LogP contribution in [0.4, 0.5) is 0 Å². The van der Waals surface area contributed by atoms with E-state index in [-0.39, 0.29) is 12.4 Å². The van der Waals surface area contributed by atoms with Gasteiger partial charge in [-0.15, -0.1) is 0 Å². The second kappa shape index (κ2) is 6.52. The van der Waals surface area contributed by atoms with E-state index in [9.17, 15) is 4.79 Å². The monoisotopic (exact) mass is 185 g/mol. The van der Waals surface area contributed by atoms with Crippen LogP contribution in [-0.2, 0) is 9.53 Å². The highest BCUT2D eigenvalue weighted by atomic mass is 16.5. The van der Waals surface area contributed by atoms with Crippen molar-refractivity contribution < 1.29 is 9.53 Å². The molecule has 0 saturated heterocycles. The summed E-state index contributed by atoms with van der Waals surface area (Å²) < 4.78 is 4.77. The third-order valence-corrected chi connectivity index (χ3v) is 1.99. The van der Waals surface area contributed by atoms with Crippen LogP contribution < -0.4 is 5.73 Å². The van der Waals surface area contributed by atoms with E-state index in [0.717, 1.165) is 12.1 Å². The Morgan fingerprint density at radius 2 is 2.15 bits per heavy atom. The summed E-state index contributed by atoms with van der Waals surface area (Å²) in [6.07, 6.45) is 3.02. The van der Waals surface area contributed by atoms with Crippen LogP contribution in [0.2, 0.25) is 0 Å². The fraction of sp³-hybridized carbons (Fsp3) is 0.700. The van der Waals surface area contributed by atoms with E-state index in [1.165, 1.54) is 0 Å². The number of carbonyl (C=O) groups excluding carboxylic acids is 1. The molecule has 76 valence electrons. The number of hydrogen-bond donors (Lipinski definition) is 1. The first-order valence-corrected chi connectivity index (χ1v) is 4.72. The maximum atomic E-state index is 10.9. The van der Waals surface area contributed by atoms with Crippen LogP contribution in [0.5, 0.6) is 0 Å². The average Bonchev–Trinajstić information content (AvgIpc) is 2.13.